The number of carbonyl (C=O) groups excluding carboxylic acids is 3. The lowest BCUT2D eigenvalue weighted by molar-refractivity contribution is -0.122. The molecule has 0 radical (unpaired) electrons. The molecule has 11 heteroatoms. The number of nitrogens with zero attached hydrogens (tertiary/aromatic N) is 2. The first-order valence-electron chi connectivity index (χ1n) is 16.3. The second-order valence-corrected chi connectivity index (χ2v) is 14.2. The molecule has 0 bridgehead atoms. The molecule has 1 fully saturated rings. The molecule has 0 spiro atoms. The molecule has 1 aliphatic rings. The van der Waals surface area contributed by atoms with Gasteiger partial charge in [-0.15, -0.1) is 11.3 Å². The lowest BCUT2D eigenvalue weighted by Gasteiger charge is -2.24. The Morgan fingerprint density at radius 2 is 1.65 bits per heavy atom. The summed E-state index contributed by atoms with van der Waals surface area (Å²) < 4.78 is 0.962. The summed E-state index contributed by atoms with van der Waals surface area (Å²) in [7, 11) is 1.95. The Labute approximate surface area is 295 Å². The minimum atomic E-state index is -0.420. The second kappa shape index (κ2) is 16.9. The van der Waals surface area contributed by atoms with Gasteiger partial charge < -0.3 is 26.2 Å². The Morgan fingerprint density at radius 3 is 2.29 bits per heavy atom. The van der Waals surface area contributed by atoms with Crippen molar-refractivity contribution in [2.45, 2.75) is 57.8 Å². The zero-order valence-electron chi connectivity index (χ0n) is 27.5. The first-order valence-corrected chi connectivity index (χ1v) is 18.0. The van der Waals surface area contributed by atoms with Gasteiger partial charge in [0.15, 0.2) is 0 Å². The SMILES string of the molecule is C[C@H](NC[C@H](Cc1cscn1)NC(=O)c1cc(C(=O)N[C@H](C)c2ccc(Br)cc2)cc(N(C)Cc2ccccc2)c1)C(=O)NCC1CC1. The summed E-state index contributed by atoms with van der Waals surface area (Å²) in [4.78, 5) is 46.7. The molecule has 252 valence electrons. The van der Waals surface area contributed by atoms with Crippen LogP contribution in [0.4, 0.5) is 5.69 Å². The van der Waals surface area contributed by atoms with Gasteiger partial charge in [-0.2, -0.15) is 0 Å². The highest BCUT2D eigenvalue weighted by atomic mass is 79.9. The van der Waals surface area contributed by atoms with Crippen molar-refractivity contribution in [3.05, 3.63) is 116 Å². The van der Waals surface area contributed by atoms with Crippen LogP contribution in [0.25, 0.3) is 0 Å². The van der Waals surface area contributed by atoms with Crippen molar-refractivity contribution in [3.63, 3.8) is 0 Å². The smallest absolute Gasteiger partial charge is 0.251 e. The summed E-state index contributed by atoms with van der Waals surface area (Å²) in [6, 6.07) is 22.1. The maximum absolute atomic E-state index is 13.9. The van der Waals surface area contributed by atoms with Crippen molar-refractivity contribution < 1.29 is 14.4 Å². The third kappa shape index (κ3) is 10.5. The van der Waals surface area contributed by atoms with Crippen LogP contribution in [0, 0.1) is 5.92 Å². The first-order chi connectivity index (χ1) is 23.1. The Balaban J connectivity index is 1.35. The number of aromatic nitrogens is 1. The molecule has 0 aliphatic heterocycles. The van der Waals surface area contributed by atoms with Gasteiger partial charge >= 0.3 is 0 Å². The van der Waals surface area contributed by atoms with E-state index in [1.54, 1.807) is 11.6 Å². The number of nitrogens with one attached hydrogen (secondary N) is 4. The second-order valence-electron chi connectivity index (χ2n) is 12.5. The number of carbonyl (C=O) groups is 3. The van der Waals surface area contributed by atoms with Crippen LogP contribution in [0.15, 0.2) is 88.2 Å². The average Bonchev–Trinajstić information content (AvgIpc) is 3.79. The quantitative estimate of drug-likeness (QED) is 0.115. The highest BCUT2D eigenvalue weighted by Gasteiger charge is 2.24. The predicted octanol–water partition coefficient (Wildman–Crippen LogP) is 5.88. The minimum Gasteiger partial charge on any atom is -0.370 e. The summed E-state index contributed by atoms with van der Waals surface area (Å²) in [6.07, 6.45) is 2.83. The van der Waals surface area contributed by atoms with Crippen LogP contribution in [0.2, 0.25) is 0 Å². The Bertz CT molecular complexity index is 1660. The molecule has 1 aliphatic carbocycles. The molecule has 4 N–H and O–H groups in total. The zero-order chi connectivity index (χ0) is 34.0. The van der Waals surface area contributed by atoms with Crippen molar-refractivity contribution in [2.24, 2.45) is 5.92 Å². The maximum atomic E-state index is 13.9. The predicted molar refractivity (Wildman–Crippen MR) is 195 cm³/mol. The normalized spacial score (nSPS) is 14.4. The number of benzene rings is 3. The highest BCUT2D eigenvalue weighted by molar-refractivity contribution is 9.10. The number of amides is 3. The topological polar surface area (TPSA) is 115 Å². The monoisotopic (exact) mass is 730 g/mol. The summed E-state index contributed by atoms with van der Waals surface area (Å²) in [6.45, 7) is 5.43. The fraction of sp³-hybridized carbons (Fsp3) is 0.351. The van der Waals surface area contributed by atoms with E-state index in [9.17, 15) is 14.4 Å². The summed E-state index contributed by atoms with van der Waals surface area (Å²) in [5, 5.41) is 14.5. The molecule has 3 aromatic carbocycles. The van der Waals surface area contributed by atoms with E-state index in [0.717, 1.165) is 27.0 Å². The summed E-state index contributed by atoms with van der Waals surface area (Å²) in [5.74, 6) is -0.0480. The van der Waals surface area contributed by atoms with E-state index in [-0.39, 0.29) is 29.8 Å². The van der Waals surface area contributed by atoms with Crippen LogP contribution < -0.4 is 26.2 Å². The molecule has 0 unspecified atom stereocenters. The van der Waals surface area contributed by atoms with E-state index in [2.05, 4.69) is 42.2 Å². The minimum absolute atomic E-state index is 0.0530. The number of hydrogen-bond donors (Lipinski definition) is 4. The number of rotatable bonds is 16. The number of thiazole rings is 1. The van der Waals surface area contributed by atoms with E-state index in [1.165, 1.54) is 24.2 Å². The van der Waals surface area contributed by atoms with E-state index < -0.39 is 6.04 Å². The zero-order valence-corrected chi connectivity index (χ0v) is 29.9. The average molecular weight is 732 g/mol. The lowest BCUT2D eigenvalue weighted by Crippen LogP contribution is -2.49. The number of halogens is 1. The van der Waals surface area contributed by atoms with E-state index in [4.69, 9.17) is 0 Å². The van der Waals surface area contributed by atoms with Crippen LogP contribution in [-0.2, 0) is 17.8 Å². The number of anilines is 1. The van der Waals surface area contributed by atoms with Gasteiger partial charge in [0.05, 0.1) is 23.3 Å². The van der Waals surface area contributed by atoms with Gasteiger partial charge in [0.2, 0.25) is 5.91 Å². The van der Waals surface area contributed by atoms with Gasteiger partial charge in [0.25, 0.3) is 11.8 Å². The standard InChI is InChI=1S/C37H43BrN6O3S/c1-24(28-11-13-31(38)14-12-28)42-36(46)29-15-30(17-34(16-29)44(3)21-27-7-5-4-6-8-27)37(47)43-32(18-33-22-48-23-41-33)20-39-25(2)35(45)40-19-26-9-10-26/h4-8,11-17,22-26,32,39H,9-10,18-21H2,1-3H3,(H,40,45)(H,42,46)(H,43,47)/t24-,25+,32+/m1/s1. The molecular formula is C37H43BrN6O3S. The number of hydrogen-bond acceptors (Lipinski definition) is 7. The van der Waals surface area contributed by atoms with Gasteiger partial charge in [-0.1, -0.05) is 58.4 Å². The Kier molecular flexibility index (Phi) is 12.4. The van der Waals surface area contributed by atoms with Gasteiger partial charge in [-0.05, 0) is 74.1 Å². The molecule has 48 heavy (non-hydrogen) atoms. The van der Waals surface area contributed by atoms with Crippen molar-refractivity contribution in [3.8, 4) is 0 Å². The fourth-order valence-corrected chi connectivity index (χ4v) is 6.16. The summed E-state index contributed by atoms with van der Waals surface area (Å²) >= 11 is 4.96. The molecule has 4 aromatic rings. The Morgan fingerprint density at radius 1 is 0.958 bits per heavy atom. The first kappa shape index (κ1) is 35.3. The molecule has 9 nitrogen and oxygen atoms in total. The molecule has 1 saturated carbocycles. The van der Waals surface area contributed by atoms with Gasteiger partial charge in [-0.25, -0.2) is 4.98 Å². The third-order valence-electron chi connectivity index (χ3n) is 8.46. The largest absolute Gasteiger partial charge is 0.370 e. The molecule has 3 atom stereocenters. The third-order valence-corrected chi connectivity index (χ3v) is 9.63. The van der Waals surface area contributed by atoms with Gasteiger partial charge in [0.1, 0.15) is 0 Å². The van der Waals surface area contributed by atoms with Crippen molar-refractivity contribution in [2.75, 3.05) is 25.0 Å². The fourth-order valence-electron chi connectivity index (χ4n) is 5.32. The highest BCUT2D eigenvalue weighted by Crippen LogP contribution is 2.27. The Hall–Kier alpha value is -4.06. The molecule has 0 saturated heterocycles. The van der Waals surface area contributed by atoms with E-state index in [0.29, 0.717) is 43.1 Å². The van der Waals surface area contributed by atoms with Crippen LogP contribution in [-0.4, -0.2) is 54.9 Å². The molecule has 3 amide bonds. The maximum Gasteiger partial charge on any atom is 0.251 e. The van der Waals surface area contributed by atoms with Crippen LogP contribution in [0.5, 0.6) is 0 Å². The van der Waals surface area contributed by atoms with Crippen LogP contribution in [0.3, 0.4) is 0 Å². The van der Waals surface area contributed by atoms with Crippen molar-refractivity contribution in [1.82, 2.24) is 26.3 Å². The molecule has 5 rings (SSSR count). The molecular weight excluding hydrogens is 688 g/mol. The van der Waals surface area contributed by atoms with Crippen molar-refractivity contribution in [1.29, 1.82) is 0 Å². The van der Waals surface area contributed by atoms with Gasteiger partial charge in [-0.3, -0.25) is 14.4 Å². The van der Waals surface area contributed by atoms with E-state index >= 15 is 0 Å². The lowest BCUT2D eigenvalue weighted by atomic mass is 10.0. The van der Waals surface area contributed by atoms with Gasteiger partial charge in [0, 0.05) is 65.8 Å². The van der Waals surface area contributed by atoms with Crippen LogP contribution in [0.1, 0.15) is 70.3 Å². The van der Waals surface area contributed by atoms with Crippen LogP contribution >= 0.6 is 27.3 Å². The van der Waals surface area contributed by atoms with E-state index in [1.807, 2.05) is 97.9 Å². The molecule has 1 aromatic heterocycles. The molecule has 1 heterocycles. The summed E-state index contributed by atoms with van der Waals surface area (Å²) in [5.41, 5.74) is 6.19. The van der Waals surface area contributed by atoms with Crippen molar-refractivity contribution >= 4 is 50.7 Å².